The largest absolute Gasteiger partial charge is 0.447 e. The van der Waals surface area contributed by atoms with Crippen LogP contribution in [0.15, 0.2) is 12.7 Å². The highest BCUT2D eigenvalue weighted by Gasteiger charge is 2.39. The molecule has 2 atom stereocenters. The van der Waals surface area contributed by atoms with Crippen LogP contribution in [0.1, 0.15) is 40.5 Å². The Labute approximate surface area is 105 Å². The lowest BCUT2D eigenvalue weighted by molar-refractivity contribution is 0.132. The molecule has 3 heteroatoms. The van der Waals surface area contributed by atoms with Crippen LogP contribution in [-0.4, -0.2) is 29.7 Å². The van der Waals surface area contributed by atoms with Crippen molar-refractivity contribution in [2.75, 3.05) is 6.61 Å². The summed E-state index contributed by atoms with van der Waals surface area (Å²) in [4.78, 5) is 13.8. The SMILES string of the molecule is C=CC[C@H](CC(C)C)N1C(=O)OC[C@H]1C(C)C. The minimum absolute atomic E-state index is 0.156. The predicted octanol–water partition coefficient (Wildman–Crippen LogP) is 3.45. The summed E-state index contributed by atoms with van der Waals surface area (Å²) in [7, 11) is 0. The molecule has 0 N–H and O–H groups in total. The molecule has 0 saturated carbocycles. The maximum absolute atomic E-state index is 11.9. The second-order valence-corrected chi connectivity index (χ2v) is 5.60. The molecule has 1 aliphatic heterocycles. The third kappa shape index (κ3) is 3.48. The van der Waals surface area contributed by atoms with Gasteiger partial charge in [0.2, 0.25) is 0 Å². The number of carbonyl (C=O) groups excluding carboxylic acids is 1. The number of amides is 1. The molecule has 1 rings (SSSR count). The van der Waals surface area contributed by atoms with Gasteiger partial charge in [0.15, 0.2) is 0 Å². The zero-order chi connectivity index (χ0) is 13.0. The van der Waals surface area contributed by atoms with E-state index in [9.17, 15) is 4.79 Å². The van der Waals surface area contributed by atoms with Crippen LogP contribution in [0.4, 0.5) is 4.79 Å². The van der Waals surface area contributed by atoms with Gasteiger partial charge in [-0.1, -0.05) is 33.8 Å². The van der Waals surface area contributed by atoms with Gasteiger partial charge in [-0.25, -0.2) is 4.79 Å². The highest BCUT2D eigenvalue weighted by Crippen LogP contribution is 2.27. The number of cyclic esters (lactones) is 1. The van der Waals surface area contributed by atoms with Gasteiger partial charge in [0.1, 0.15) is 6.61 Å². The van der Waals surface area contributed by atoms with Gasteiger partial charge in [-0.2, -0.15) is 0 Å². The maximum Gasteiger partial charge on any atom is 0.410 e. The van der Waals surface area contributed by atoms with Crippen LogP contribution in [0.3, 0.4) is 0 Å². The molecule has 0 aromatic rings. The van der Waals surface area contributed by atoms with Gasteiger partial charge in [-0.3, -0.25) is 4.90 Å². The molecule has 0 unspecified atom stereocenters. The van der Waals surface area contributed by atoms with Crippen molar-refractivity contribution in [3.63, 3.8) is 0 Å². The predicted molar refractivity (Wildman–Crippen MR) is 69.9 cm³/mol. The topological polar surface area (TPSA) is 29.5 Å². The van der Waals surface area contributed by atoms with E-state index >= 15 is 0 Å². The molecule has 0 aromatic heterocycles. The summed E-state index contributed by atoms with van der Waals surface area (Å²) in [6.45, 7) is 13.0. The van der Waals surface area contributed by atoms with Crippen molar-refractivity contribution in [3.05, 3.63) is 12.7 Å². The number of hydrogen-bond acceptors (Lipinski definition) is 2. The molecule has 0 radical (unpaired) electrons. The normalized spacial score (nSPS) is 22.1. The van der Waals surface area contributed by atoms with Crippen LogP contribution in [0.2, 0.25) is 0 Å². The van der Waals surface area contributed by atoms with E-state index in [2.05, 4.69) is 34.3 Å². The standard InChI is InChI=1S/C14H25NO2/c1-6-7-12(8-10(2)3)15-13(11(4)5)9-17-14(15)16/h6,10-13H,1,7-9H2,2-5H3/t12-,13+/m1/s1. The van der Waals surface area contributed by atoms with Crippen LogP contribution in [0, 0.1) is 11.8 Å². The van der Waals surface area contributed by atoms with Crippen molar-refractivity contribution < 1.29 is 9.53 Å². The van der Waals surface area contributed by atoms with Gasteiger partial charge in [0, 0.05) is 6.04 Å². The first-order chi connectivity index (χ1) is 7.97. The van der Waals surface area contributed by atoms with Crippen molar-refractivity contribution >= 4 is 6.09 Å². The fraction of sp³-hybridized carbons (Fsp3) is 0.786. The lowest BCUT2D eigenvalue weighted by Gasteiger charge is -2.33. The lowest BCUT2D eigenvalue weighted by atomic mass is 9.96. The second kappa shape index (κ2) is 6.08. The summed E-state index contributed by atoms with van der Waals surface area (Å²) in [6.07, 6.45) is 3.59. The Morgan fingerprint density at radius 1 is 1.47 bits per heavy atom. The van der Waals surface area contributed by atoms with E-state index in [1.165, 1.54) is 0 Å². The summed E-state index contributed by atoms with van der Waals surface area (Å²) >= 11 is 0. The molecule has 3 nitrogen and oxygen atoms in total. The van der Waals surface area contributed by atoms with E-state index < -0.39 is 0 Å². The Morgan fingerprint density at radius 2 is 2.12 bits per heavy atom. The van der Waals surface area contributed by atoms with Crippen LogP contribution in [0.25, 0.3) is 0 Å². The summed E-state index contributed by atoms with van der Waals surface area (Å²) in [5, 5.41) is 0. The average Bonchev–Trinajstić information content (AvgIpc) is 2.59. The third-order valence-electron chi connectivity index (χ3n) is 3.29. The Bertz CT molecular complexity index is 273. The monoisotopic (exact) mass is 239 g/mol. The Kier molecular flexibility index (Phi) is 5.03. The second-order valence-electron chi connectivity index (χ2n) is 5.60. The first-order valence-corrected chi connectivity index (χ1v) is 6.53. The molecule has 1 heterocycles. The molecule has 0 aliphatic carbocycles. The number of carbonyl (C=O) groups is 1. The fourth-order valence-corrected chi connectivity index (χ4v) is 2.44. The van der Waals surface area contributed by atoms with Gasteiger partial charge in [0.25, 0.3) is 0 Å². The summed E-state index contributed by atoms with van der Waals surface area (Å²) < 4.78 is 5.20. The molecule has 1 fully saturated rings. The Morgan fingerprint density at radius 3 is 2.59 bits per heavy atom. The quantitative estimate of drug-likeness (QED) is 0.664. The third-order valence-corrected chi connectivity index (χ3v) is 3.29. The van der Waals surface area contributed by atoms with Crippen LogP contribution in [0.5, 0.6) is 0 Å². The van der Waals surface area contributed by atoms with Crippen LogP contribution >= 0.6 is 0 Å². The van der Waals surface area contributed by atoms with Gasteiger partial charge in [0.05, 0.1) is 6.04 Å². The highest BCUT2D eigenvalue weighted by molar-refractivity contribution is 5.70. The maximum atomic E-state index is 11.9. The van der Waals surface area contributed by atoms with Crippen LogP contribution in [-0.2, 0) is 4.74 Å². The van der Waals surface area contributed by atoms with E-state index in [0.29, 0.717) is 18.4 Å². The molecule has 1 saturated heterocycles. The minimum Gasteiger partial charge on any atom is -0.447 e. The van der Waals surface area contributed by atoms with E-state index in [1.54, 1.807) is 0 Å². The van der Waals surface area contributed by atoms with Gasteiger partial charge >= 0.3 is 6.09 Å². The van der Waals surface area contributed by atoms with Crippen molar-refractivity contribution in [3.8, 4) is 0 Å². The van der Waals surface area contributed by atoms with Gasteiger partial charge < -0.3 is 4.74 Å². The average molecular weight is 239 g/mol. The van der Waals surface area contributed by atoms with E-state index in [1.807, 2.05) is 11.0 Å². The Balaban J connectivity index is 2.81. The summed E-state index contributed by atoms with van der Waals surface area (Å²) in [5.74, 6) is 1.00. The molecule has 1 amide bonds. The molecule has 0 aromatic carbocycles. The number of hydrogen-bond donors (Lipinski definition) is 0. The molecule has 17 heavy (non-hydrogen) atoms. The van der Waals surface area contributed by atoms with Crippen molar-refractivity contribution in [1.82, 2.24) is 4.90 Å². The zero-order valence-electron chi connectivity index (χ0n) is 11.5. The van der Waals surface area contributed by atoms with Crippen molar-refractivity contribution in [2.45, 2.75) is 52.6 Å². The number of rotatable bonds is 6. The number of nitrogens with zero attached hydrogens (tertiary/aromatic N) is 1. The van der Waals surface area contributed by atoms with Gasteiger partial charge in [-0.15, -0.1) is 6.58 Å². The van der Waals surface area contributed by atoms with Crippen LogP contribution < -0.4 is 0 Å². The number of ether oxygens (including phenoxy) is 1. The Hall–Kier alpha value is -0.990. The zero-order valence-corrected chi connectivity index (χ0v) is 11.5. The minimum atomic E-state index is -0.156. The molecule has 1 aliphatic rings. The van der Waals surface area contributed by atoms with E-state index in [-0.39, 0.29) is 18.2 Å². The van der Waals surface area contributed by atoms with Gasteiger partial charge in [-0.05, 0) is 24.7 Å². The fourth-order valence-electron chi connectivity index (χ4n) is 2.44. The first-order valence-electron chi connectivity index (χ1n) is 6.53. The first kappa shape index (κ1) is 14.1. The lowest BCUT2D eigenvalue weighted by Crippen LogP contribution is -2.45. The molecular formula is C14H25NO2. The van der Waals surface area contributed by atoms with Crippen molar-refractivity contribution in [1.29, 1.82) is 0 Å². The molecule has 0 bridgehead atoms. The molecular weight excluding hydrogens is 214 g/mol. The van der Waals surface area contributed by atoms with E-state index in [4.69, 9.17) is 4.74 Å². The molecule has 0 spiro atoms. The van der Waals surface area contributed by atoms with Crippen molar-refractivity contribution in [2.24, 2.45) is 11.8 Å². The van der Waals surface area contributed by atoms with E-state index in [0.717, 1.165) is 12.8 Å². The summed E-state index contributed by atoms with van der Waals surface area (Å²) in [5.41, 5.74) is 0. The summed E-state index contributed by atoms with van der Waals surface area (Å²) in [6, 6.07) is 0.445. The smallest absolute Gasteiger partial charge is 0.410 e. The highest BCUT2D eigenvalue weighted by atomic mass is 16.6. The molecule has 98 valence electrons.